The molecule has 2 aliphatic carbocycles. The lowest BCUT2D eigenvalue weighted by atomic mass is 9.89. The Morgan fingerprint density at radius 1 is 0.524 bits per heavy atom. The van der Waals surface area contributed by atoms with E-state index in [4.69, 9.17) is 0 Å². The highest BCUT2D eigenvalue weighted by atomic mass is 127. The summed E-state index contributed by atoms with van der Waals surface area (Å²) in [6.45, 7) is 0. The third kappa shape index (κ3) is 5.16. The van der Waals surface area contributed by atoms with Crippen LogP contribution in [-0.4, -0.2) is 20.2 Å². The van der Waals surface area contributed by atoms with Gasteiger partial charge in [-0.25, -0.2) is 0 Å². The fourth-order valence-electron chi connectivity index (χ4n) is 3.26. The van der Waals surface area contributed by atoms with Gasteiger partial charge >= 0.3 is 12.4 Å². The molecule has 2 rings (SSSR count). The average molecular weight is 429 g/mol. The Morgan fingerprint density at radius 2 is 0.810 bits per heavy atom. The molecule has 0 heterocycles. The molecule has 2 saturated carbocycles. The molecule has 0 aliphatic heterocycles. The summed E-state index contributed by atoms with van der Waals surface area (Å²) in [7, 11) is 0. The Kier molecular flexibility index (Phi) is 5.74. The van der Waals surface area contributed by atoms with Crippen molar-refractivity contribution in [3.63, 3.8) is 0 Å². The highest BCUT2D eigenvalue weighted by molar-refractivity contribution is 4.79. The SMILES string of the molecule is FC(F)(F)C1CCC([I+]C2CCC(C(F)(F)F)CC2)CC1. The van der Waals surface area contributed by atoms with Crippen LogP contribution in [0.1, 0.15) is 51.4 Å². The Bertz CT molecular complexity index is 289. The fourth-order valence-corrected chi connectivity index (χ4v) is 7.58. The first-order valence-corrected chi connectivity index (χ1v) is 9.90. The Hall–Kier alpha value is 0.310. The zero-order chi connectivity index (χ0) is 15.7. The van der Waals surface area contributed by atoms with Crippen LogP contribution in [0.4, 0.5) is 26.3 Å². The normalized spacial score (nSPS) is 35.7. The van der Waals surface area contributed by atoms with Crippen molar-refractivity contribution in [1.29, 1.82) is 0 Å². The molecule has 0 spiro atoms. The molecule has 0 nitrogen and oxygen atoms in total. The molecule has 0 aromatic carbocycles. The van der Waals surface area contributed by atoms with E-state index in [1.54, 1.807) is 0 Å². The minimum Gasteiger partial charge on any atom is -0.171 e. The zero-order valence-electron chi connectivity index (χ0n) is 11.6. The molecule has 0 atom stereocenters. The van der Waals surface area contributed by atoms with Crippen LogP contribution in [0.3, 0.4) is 0 Å². The van der Waals surface area contributed by atoms with Gasteiger partial charge in [-0.2, -0.15) is 26.3 Å². The average Bonchev–Trinajstić information content (AvgIpc) is 2.38. The summed E-state index contributed by atoms with van der Waals surface area (Å²) < 4.78 is 76.3. The van der Waals surface area contributed by atoms with Crippen molar-refractivity contribution in [2.75, 3.05) is 0 Å². The maximum Gasteiger partial charge on any atom is 0.391 e. The first kappa shape index (κ1) is 17.7. The van der Waals surface area contributed by atoms with Gasteiger partial charge in [0.05, 0.1) is 11.8 Å². The summed E-state index contributed by atoms with van der Waals surface area (Å²) in [5.41, 5.74) is 0. The lowest BCUT2D eigenvalue weighted by molar-refractivity contribution is -0.726. The largest absolute Gasteiger partial charge is 0.391 e. The number of alkyl halides is 8. The minimum absolute atomic E-state index is 0.214. The molecule has 0 aromatic rings. The third-order valence-electron chi connectivity index (χ3n) is 4.60. The van der Waals surface area contributed by atoms with E-state index in [1.165, 1.54) is 0 Å². The second kappa shape index (κ2) is 6.83. The molecular weight excluding hydrogens is 409 g/mol. The van der Waals surface area contributed by atoms with Gasteiger partial charge in [-0.3, -0.25) is 0 Å². The smallest absolute Gasteiger partial charge is 0.171 e. The lowest BCUT2D eigenvalue weighted by Crippen LogP contribution is -3.68. The molecule has 21 heavy (non-hydrogen) atoms. The molecule has 2 fully saturated rings. The van der Waals surface area contributed by atoms with Gasteiger partial charge in [-0.05, 0) is 51.4 Å². The monoisotopic (exact) mass is 429 g/mol. The van der Waals surface area contributed by atoms with Crippen molar-refractivity contribution >= 4 is 0 Å². The van der Waals surface area contributed by atoms with Gasteiger partial charge in [0.2, 0.25) is 0 Å². The summed E-state index contributed by atoms with van der Waals surface area (Å²) in [6.07, 6.45) is -4.81. The van der Waals surface area contributed by atoms with Crippen LogP contribution in [0.2, 0.25) is 0 Å². The molecular formula is C14H20F6I+. The van der Waals surface area contributed by atoms with Gasteiger partial charge in [-0.1, -0.05) is 0 Å². The van der Waals surface area contributed by atoms with Gasteiger partial charge in [0.25, 0.3) is 21.2 Å². The summed E-state index contributed by atoms with van der Waals surface area (Å²) in [5.74, 6) is -2.31. The van der Waals surface area contributed by atoms with E-state index in [9.17, 15) is 26.3 Å². The summed E-state index contributed by atoms with van der Waals surface area (Å²) >= 11 is -0.264. The number of halogens is 7. The van der Waals surface area contributed by atoms with E-state index >= 15 is 0 Å². The van der Waals surface area contributed by atoms with Gasteiger partial charge in [0.1, 0.15) is 0 Å². The van der Waals surface area contributed by atoms with E-state index in [2.05, 4.69) is 0 Å². The number of hydrogen-bond acceptors (Lipinski definition) is 0. The van der Waals surface area contributed by atoms with E-state index in [0.717, 1.165) is 0 Å². The predicted octanol–water partition coefficient (Wildman–Crippen LogP) is 2.32. The van der Waals surface area contributed by atoms with Crippen LogP contribution < -0.4 is 21.2 Å². The fraction of sp³-hybridized carbons (Fsp3) is 1.00. The van der Waals surface area contributed by atoms with E-state index in [0.29, 0.717) is 33.5 Å². The molecule has 0 unspecified atom stereocenters. The second-order valence-electron chi connectivity index (χ2n) is 6.11. The van der Waals surface area contributed by atoms with E-state index in [-0.39, 0.29) is 46.9 Å². The van der Waals surface area contributed by atoms with Crippen molar-refractivity contribution in [3.05, 3.63) is 0 Å². The van der Waals surface area contributed by atoms with Crippen LogP contribution in [-0.2, 0) is 0 Å². The Balaban J connectivity index is 1.71. The molecule has 0 radical (unpaired) electrons. The van der Waals surface area contributed by atoms with Crippen molar-refractivity contribution in [1.82, 2.24) is 0 Å². The van der Waals surface area contributed by atoms with Crippen LogP contribution >= 0.6 is 0 Å². The minimum atomic E-state index is -4.08. The predicted molar refractivity (Wildman–Crippen MR) is 63.6 cm³/mol. The van der Waals surface area contributed by atoms with Crippen LogP contribution in [0.5, 0.6) is 0 Å². The van der Waals surface area contributed by atoms with Crippen LogP contribution in [0, 0.1) is 11.8 Å². The molecule has 124 valence electrons. The van der Waals surface area contributed by atoms with Crippen molar-refractivity contribution in [2.24, 2.45) is 11.8 Å². The third-order valence-corrected chi connectivity index (χ3v) is 9.12. The highest BCUT2D eigenvalue weighted by Crippen LogP contribution is 2.38. The molecule has 0 saturated heterocycles. The van der Waals surface area contributed by atoms with Crippen molar-refractivity contribution in [3.8, 4) is 0 Å². The quantitative estimate of drug-likeness (QED) is 0.359. The number of hydrogen-bond donors (Lipinski definition) is 0. The van der Waals surface area contributed by atoms with Crippen molar-refractivity contribution < 1.29 is 47.5 Å². The molecule has 0 bridgehead atoms. The van der Waals surface area contributed by atoms with Crippen LogP contribution in [0.25, 0.3) is 0 Å². The summed E-state index contributed by atoms with van der Waals surface area (Å²) in [4.78, 5) is 0. The summed E-state index contributed by atoms with van der Waals surface area (Å²) in [5, 5.41) is 0. The Labute approximate surface area is 131 Å². The molecule has 2 aliphatic rings. The van der Waals surface area contributed by atoms with Crippen LogP contribution in [0.15, 0.2) is 0 Å². The van der Waals surface area contributed by atoms with Gasteiger partial charge < -0.3 is 0 Å². The van der Waals surface area contributed by atoms with Crippen molar-refractivity contribution in [2.45, 2.75) is 71.6 Å². The molecule has 7 heteroatoms. The first-order chi connectivity index (χ1) is 9.66. The second-order valence-corrected chi connectivity index (χ2v) is 10.3. The maximum absolute atomic E-state index is 12.6. The van der Waals surface area contributed by atoms with Gasteiger partial charge in [0, 0.05) is 0 Å². The maximum atomic E-state index is 12.6. The molecule has 0 aromatic heterocycles. The number of rotatable bonds is 2. The lowest BCUT2D eigenvalue weighted by Gasteiger charge is -2.28. The highest BCUT2D eigenvalue weighted by Gasteiger charge is 2.47. The molecule has 0 N–H and O–H groups in total. The van der Waals surface area contributed by atoms with Gasteiger partial charge in [-0.15, -0.1) is 0 Å². The van der Waals surface area contributed by atoms with E-state index < -0.39 is 24.2 Å². The van der Waals surface area contributed by atoms with E-state index in [1.807, 2.05) is 0 Å². The Morgan fingerprint density at radius 3 is 1.05 bits per heavy atom. The van der Waals surface area contributed by atoms with Gasteiger partial charge in [0.15, 0.2) is 7.85 Å². The first-order valence-electron chi connectivity index (χ1n) is 7.41. The summed E-state index contributed by atoms with van der Waals surface area (Å²) in [6, 6.07) is 0. The molecule has 0 amide bonds. The standard InChI is InChI=1S/C14H20F6I/c15-13(16,17)9-1-5-11(6-2-9)21-12-7-3-10(4-8-12)14(18,19)20/h9-12H,1-8H2/q+1. The topological polar surface area (TPSA) is 0 Å². The zero-order valence-corrected chi connectivity index (χ0v) is 13.8.